The standard InChI is InChI=1S/C15H22N2O2/c1-2-14(11-19-15-5-7-18-8-6-15)17-10-12(1)9-16-13-3-4-13/h1-2,10,13,15-16H,3-9,11H2. The van der Waals surface area contributed by atoms with Gasteiger partial charge in [-0.15, -0.1) is 0 Å². The number of nitrogens with one attached hydrogen (secondary N) is 1. The van der Waals surface area contributed by atoms with Crippen molar-refractivity contribution in [2.75, 3.05) is 13.2 Å². The van der Waals surface area contributed by atoms with Gasteiger partial charge in [0.15, 0.2) is 0 Å². The fraction of sp³-hybridized carbons (Fsp3) is 0.667. The molecule has 0 bridgehead atoms. The first kappa shape index (κ1) is 13.0. The second kappa shape index (κ2) is 6.46. The Kier molecular flexibility index (Phi) is 4.43. The van der Waals surface area contributed by atoms with Crippen molar-refractivity contribution >= 4 is 0 Å². The molecular weight excluding hydrogens is 240 g/mol. The fourth-order valence-electron chi connectivity index (χ4n) is 2.24. The molecule has 4 heteroatoms. The second-order valence-electron chi connectivity index (χ2n) is 5.44. The zero-order valence-corrected chi connectivity index (χ0v) is 11.3. The smallest absolute Gasteiger partial charge is 0.0891 e. The average molecular weight is 262 g/mol. The number of aromatic nitrogens is 1. The average Bonchev–Trinajstić information content (AvgIpc) is 3.29. The van der Waals surface area contributed by atoms with Gasteiger partial charge >= 0.3 is 0 Å². The molecule has 2 aliphatic rings. The summed E-state index contributed by atoms with van der Waals surface area (Å²) in [5, 5.41) is 3.49. The van der Waals surface area contributed by atoms with E-state index in [9.17, 15) is 0 Å². The summed E-state index contributed by atoms with van der Waals surface area (Å²) < 4.78 is 11.2. The van der Waals surface area contributed by atoms with Crippen LogP contribution >= 0.6 is 0 Å². The van der Waals surface area contributed by atoms with Crippen LogP contribution < -0.4 is 5.32 Å². The van der Waals surface area contributed by atoms with Gasteiger partial charge in [0.25, 0.3) is 0 Å². The number of pyridine rings is 1. The van der Waals surface area contributed by atoms with E-state index in [1.807, 2.05) is 6.20 Å². The minimum absolute atomic E-state index is 0.340. The van der Waals surface area contributed by atoms with Crippen molar-refractivity contribution in [1.29, 1.82) is 0 Å². The maximum atomic E-state index is 5.86. The van der Waals surface area contributed by atoms with Crippen LogP contribution in [0.2, 0.25) is 0 Å². The molecule has 1 aliphatic heterocycles. The zero-order valence-electron chi connectivity index (χ0n) is 11.3. The molecule has 1 saturated heterocycles. The molecule has 1 N–H and O–H groups in total. The molecule has 1 aliphatic carbocycles. The molecule has 2 heterocycles. The first-order chi connectivity index (χ1) is 9.40. The van der Waals surface area contributed by atoms with E-state index in [1.165, 1.54) is 18.4 Å². The van der Waals surface area contributed by atoms with E-state index < -0.39 is 0 Å². The summed E-state index contributed by atoms with van der Waals surface area (Å²) in [6, 6.07) is 4.96. The zero-order chi connectivity index (χ0) is 12.9. The van der Waals surface area contributed by atoms with Crippen molar-refractivity contribution in [1.82, 2.24) is 10.3 Å². The van der Waals surface area contributed by atoms with E-state index in [0.29, 0.717) is 12.7 Å². The Morgan fingerprint density at radius 1 is 1.21 bits per heavy atom. The highest BCUT2D eigenvalue weighted by Crippen LogP contribution is 2.19. The number of hydrogen-bond donors (Lipinski definition) is 1. The molecule has 104 valence electrons. The molecule has 0 amide bonds. The topological polar surface area (TPSA) is 43.4 Å². The van der Waals surface area contributed by atoms with E-state index in [0.717, 1.165) is 44.3 Å². The molecule has 4 nitrogen and oxygen atoms in total. The summed E-state index contributed by atoms with van der Waals surface area (Å²) in [5.74, 6) is 0. The Morgan fingerprint density at radius 2 is 2.05 bits per heavy atom. The second-order valence-corrected chi connectivity index (χ2v) is 5.44. The Bertz CT molecular complexity index is 384. The highest BCUT2D eigenvalue weighted by Gasteiger charge is 2.19. The first-order valence-corrected chi connectivity index (χ1v) is 7.27. The minimum Gasteiger partial charge on any atom is -0.381 e. The quantitative estimate of drug-likeness (QED) is 0.852. The first-order valence-electron chi connectivity index (χ1n) is 7.27. The molecule has 2 fully saturated rings. The number of rotatable bonds is 6. The normalized spacial score (nSPS) is 20.6. The molecule has 0 radical (unpaired) electrons. The number of ether oxygens (including phenoxy) is 2. The molecule has 1 saturated carbocycles. The molecule has 0 spiro atoms. The predicted octanol–water partition coefficient (Wildman–Crippen LogP) is 2.03. The van der Waals surface area contributed by atoms with Crippen LogP contribution in [0.1, 0.15) is 36.9 Å². The predicted molar refractivity (Wildman–Crippen MR) is 72.7 cm³/mol. The summed E-state index contributed by atoms with van der Waals surface area (Å²) >= 11 is 0. The van der Waals surface area contributed by atoms with Crippen LogP contribution in [0.4, 0.5) is 0 Å². The SMILES string of the molecule is c1cc(COC2CCOCC2)ncc1CNC1CC1. The third-order valence-corrected chi connectivity index (χ3v) is 3.69. The summed E-state index contributed by atoms with van der Waals surface area (Å²) in [6.45, 7) is 3.19. The minimum atomic E-state index is 0.340. The Balaban J connectivity index is 1.42. The molecule has 19 heavy (non-hydrogen) atoms. The van der Waals surface area contributed by atoms with Gasteiger partial charge in [0.2, 0.25) is 0 Å². The van der Waals surface area contributed by atoms with Gasteiger partial charge < -0.3 is 14.8 Å². The Morgan fingerprint density at radius 3 is 2.74 bits per heavy atom. The lowest BCUT2D eigenvalue weighted by Gasteiger charge is -2.22. The molecular formula is C15H22N2O2. The third-order valence-electron chi connectivity index (χ3n) is 3.69. The molecule has 0 unspecified atom stereocenters. The Hall–Kier alpha value is -0.970. The van der Waals surface area contributed by atoms with Gasteiger partial charge in [-0.05, 0) is 37.3 Å². The number of hydrogen-bond acceptors (Lipinski definition) is 4. The summed E-state index contributed by atoms with van der Waals surface area (Å²) in [6.07, 6.45) is 6.95. The van der Waals surface area contributed by atoms with E-state index >= 15 is 0 Å². The molecule has 1 aromatic rings. The maximum Gasteiger partial charge on any atom is 0.0891 e. The van der Waals surface area contributed by atoms with Crippen LogP contribution in [-0.4, -0.2) is 30.3 Å². The highest BCUT2D eigenvalue weighted by molar-refractivity contribution is 5.13. The van der Waals surface area contributed by atoms with Gasteiger partial charge in [-0.2, -0.15) is 0 Å². The fourth-order valence-corrected chi connectivity index (χ4v) is 2.24. The van der Waals surface area contributed by atoms with Crippen LogP contribution in [0.5, 0.6) is 0 Å². The van der Waals surface area contributed by atoms with Gasteiger partial charge in [0, 0.05) is 32.0 Å². The maximum absolute atomic E-state index is 5.86. The van der Waals surface area contributed by atoms with Crippen molar-refractivity contribution < 1.29 is 9.47 Å². The van der Waals surface area contributed by atoms with Gasteiger partial charge in [-0.25, -0.2) is 0 Å². The van der Waals surface area contributed by atoms with Crippen molar-refractivity contribution in [2.45, 2.75) is 51.0 Å². The van der Waals surface area contributed by atoms with Crippen LogP contribution in [0.25, 0.3) is 0 Å². The molecule has 3 rings (SSSR count). The number of nitrogens with zero attached hydrogens (tertiary/aromatic N) is 1. The highest BCUT2D eigenvalue weighted by atomic mass is 16.5. The lowest BCUT2D eigenvalue weighted by Crippen LogP contribution is -2.23. The van der Waals surface area contributed by atoms with Crippen LogP contribution in [0.15, 0.2) is 18.3 Å². The van der Waals surface area contributed by atoms with Crippen LogP contribution in [0.3, 0.4) is 0 Å². The van der Waals surface area contributed by atoms with Gasteiger partial charge in [-0.1, -0.05) is 6.07 Å². The summed E-state index contributed by atoms with van der Waals surface area (Å²) in [4.78, 5) is 4.47. The van der Waals surface area contributed by atoms with Crippen molar-refractivity contribution in [3.63, 3.8) is 0 Å². The van der Waals surface area contributed by atoms with Crippen molar-refractivity contribution in [3.05, 3.63) is 29.6 Å². The third kappa shape index (κ3) is 4.27. The van der Waals surface area contributed by atoms with E-state index in [-0.39, 0.29) is 0 Å². The van der Waals surface area contributed by atoms with E-state index in [2.05, 4.69) is 22.4 Å². The van der Waals surface area contributed by atoms with E-state index in [4.69, 9.17) is 9.47 Å². The monoisotopic (exact) mass is 262 g/mol. The molecule has 0 aromatic carbocycles. The largest absolute Gasteiger partial charge is 0.381 e. The van der Waals surface area contributed by atoms with Crippen LogP contribution in [-0.2, 0) is 22.6 Å². The van der Waals surface area contributed by atoms with Crippen molar-refractivity contribution in [2.24, 2.45) is 0 Å². The van der Waals surface area contributed by atoms with Crippen molar-refractivity contribution in [3.8, 4) is 0 Å². The summed E-state index contributed by atoms with van der Waals surface area (Å²) in [5.41, 5.74) is 2.27. The van der Waals surface area contributed by atoms with Gasteiger partial charge in [0.1, 0.15) is 0 Å². The summed E-state index contributed by atoms with van der Waals surface area (Å²) in [7, 11) is 0. The Labute approximate surface area is 114 Å². The molecule has 0 atom stereocenters. The lowest BCUT2D eigenvalue weighted by atomic mass is 10.1. The van der Waals surface area contributed by atoms with E-state index in [1.54, 1.807) is 0 Å². The van der Waals surface area contributed by atoms with Gasteiger partial charge in [-0.3, -0.25) is 4.98 Å². The van der Waals surface area contributed by atoms with Gasteiger partial charge in [0.05, 0.1) is 18.4 Å². The van der Waals surface area contributed by atoms with Crippen LogP contribution in [0, 0.1) is 0 Å². The lowest BCUT2D eigenvalue weighted by molar-refractivity contribution is -0.0399. The molecule has 1 aromatic heterocycles.